The molecule has 0 radical (unpaired) electrons. The third-order valence-electron chi connectivity index (χ3n) is 4.82. The molecule has 26 heavy (non-hydrogen) atoms. The standard InChI is InChI=1S/C21H26BrN3O/c1-17-7-8-19(15-20(17)22)23-21(26)9-10-24-11-13-25(14-12-24)16-18-5-3-2-4-6-18/h2-8,15H,9-14,16H2,1H3,(H,23,26). The minimum atomic E-state index is 0.0764. The number of anilines is 1. The summed E-state index contributed by atoms with van der Waals surface area (Å²) in [7, 11) is 0. The van der Waals surface area contributed by atoms with Gasteiger partial charge < -0.3 is 10.2 Å². The second kappa shape index (κ2) is 9.31. The highest BCUT2D eigenvalue weighted by Crippen LogP contribution is 2.20. The zero-order valence-electron chi connectivity index (χ0n) is 15.2. The summed E-state index contributed by atoms with van der Waals surface area (Å²) in [6.45, 7) is 8.03. The third kappa shape index (κ3) is 5.66. The van der Waals surface area contributed by atoms with Crippen LogP contribution in [0.3, 0.4) is 0 Å². The molecule has 1 aliphatic heterocycles. The number of nitrogens with zero attached hydrogens (tertiary/aromatic N) is 2. The summed E-state index contributed by atoms with van der Waals surface area (Å²) in [6, 6.07) is 16.5. The number of halogens is 1. The van der Waals surface area contributed by atoms with E-state index in [2.05, 4.69) is 61.4 Å². The van der Waals surface area contributed by atoms with Crippen LogP contribution in [0.15, 0.2) is 53.0 Å². The van der Waals surface area contributed by atoms with Crippen LogP contribution in [-0.4, -0.2) is 48.4 Å². The molecule has 0 aromatic heterocycles. The molecular weight excluding hydrogens is 390 g/mol. The van der Waals surface area contributed by atoms with E-state index in [-0.39, 0.29) is 5.91 Å². The Morgan fingerprint density at radius 1 is 1.04 bits per heavy atom. The molecule has 1 saturated heterocycles. The molecule has 0 saturated carbocycles. The number of hydrogen-bond donors (Lipinski definition) is 1. The van der Waals surface area contributed by atoms with Gasteiger partial charge in [0, 0.05) is 55.8 Å². The van der Waals surface area contributed by atoms with E-state index in [9.17, 15) is 4.79 Å². The van der Waals surface area contributed by atoms with Crippen molar-refractivity contribution >= 4 is 27.5 Å². The van der Waals surface area contributed by atoms with E-state index in [4.69, 9.17) is 0 Å². The van der Waals surface area contributed by atoms with Crippen LogP contribution in [0.4, 0.5) is 5.69 Å². The molecule has 1 amide bonds. The lowest BCUT2D eigenvalue weighted by Crippen LogP contribution is -2.46. The van der Waals surface area contributed by atoms with Crippen LogP contribution in [0.2, 0.25) is 0 Å². The fourth-order valence-corrected chi connectivity index (χ4v) is 3.55. The molecule has 138 valence electrons. The Bertz CT molecular complexity index is 727. The third-order valence-corrected chi connectivity index (χ3v) is 5.68. The lowest BCUT2D eigenvalue weighted by atomic mass is 10.2. The van der Waals surface area contributed by atoms with Crippen LogP contribution >= 0.6 is 15.9 Å². The molecule has 1 heterocycles. The Labute approximate surface area is 164 Å². The Hall–Kier alpha value is -1.69. The van der Waals surface area contributed by atoms with E-state index in [1.165, 1.54) is 5.56 Å². The average Bonchev–Trinajstić information content (AvgIpc) is 2.65. The summed E-state index contributed by atoms with van der Waals surface area (Å²) in [5.74, 6) is 0.0764. The molecule has 3 rings (SSSR count). The Balaban J connectivity index is 1.38. The lowest BCUT2D eigenvalue weighted by molar-refractivity contribution is -0.116. The Kier molecular flexibility index (Phi) is 6.83. The van der Waals surface area contributed by atoms with E-state index in [0.717, 1.165) is 55.0 Å². The summed E-state index contributed by atoms with van der Waals surface area (Å²) in [5.41, 5.74) is 3.38. The number of amides is 1. The van der Waals surface area contributed by atoms with Crippen molar-refractivity contribution in [2.24, 2.45) is 0 Å². The van der Waals surface area contributed by atoms with Gasteiger partial charge in [0.25, 0.3) is 0 Å². The van der Waals surface area contributed by atoms with Crippen LogP contribution in [0.25, 0.3) is 0 Å². The van der Waals surface area contributed by atoms with Crippen molar-refractivity contribution in [1.82, 2.24) is 9.80 Å². The SMILES string of the molecule is Cc1ccc(NC(=O)CCN2CCN(Cc3ccccc3)CC2)cc1Br. The van der Waals surface area contributed by atoms with E-state index >= 15 is 0 Å². The second-order valence-electron chi connectivity index (χ2n) is 6.87. The number of aryl methyl sites for hydroxylation is 1. The number of carbonyl (C=O) groups is 1. The maximum absolute atomic E-state index is 12.2. The van der Waals surface area contributed by atoms with Gasteiger partial charge in [-0.25, -0.2) is 0 Å². The number of nitrogens with one attached hydrogen (secondary N) is 1. The first-order valence-corrected chi connectivity index (χ1v) is 9.94. The quantitative estimate of drug-likeness (QED) is 0.776. The van der Waals surface area contributed by atoms with Crippen LogP contribution in [-0.2, 0) is 11.3 Å². The van der Waals surface area contributed by atoms with Crippen molar-refractivity contribution in [3.63, 3.8) is 0 Å². The van der Waals surface area contributed by atoms with Gasteiger partial charge >= 0.3 is 0 Å². The van der Waals surface area contributed by atoms with E-state index in [1.807, 2.05) is 25.1 Å². The van der Waals surface area contributed by atoms with Gasteiger partial charge in [-0.05, 0) is 30.2 Å². The molecule has 5 heteroatoms. The second-order valence-corrected chi connectivity index (χ2v) is 7.72. The topological polar surface area (TPSA) is 35.6 Å². The smallest absolute Gasteiger partial charge is 0.225 e. The first kappa shape index (κ1) is 19.1. The van der Waals surface area contributed by atoms with Gasteiger partial charge in [-0.3, -0.25) is 9.69 Å². The number of rotatable bonds is 6. The minimum Gasteiger partial charge on any atom is -0.326 e. The summed E-state index contributed by atoms with van der Waals surface area (Å²) >= 11 is 3.50. The molecule has 2 aromatic carbocycles. The number of carbonyl (C=O) groups excluding carboxylic acids is 1. The molecule has 1 fully saturated rings. The van der Waals surface area contributed by atoms with Gasteiger partial charge in [0.05, 0.1) is 0 Å². The van der Waals surface area contributed by atoms with Crippen LogP contribution in [0, 0.1) is 6.92 Å². The average molecular weight is 416 g/mol. The Morgan fingerprint density at radius 2 is 1.73 bits per heavy atom. The number of hydrogen-bond acceptors (Lipinski definition) is 3. The molecular formula is C21H26BrN3O. The van der Waals surface area contributed by atoms with Gasteiger partial charge in [-0.15, -0.1) is 0 Å². The van der Waals surface area contributed by atoms with Gasteiger partial charge in [-0.1, -0.05) is 52.3 Å². The minimum absolute atomic E-state index is 0.0764. The fraction of sp³-hybridized carbons (Fsp3) is 0.381. The molecule has 0 unspecified atom stereocenters. The number of piperazine rings is 1. The Morgan fingerprint density at radius 3 is 2.42 bits per heavy atom. The molecule has 4 nitrogen and oxygen atoms in total. The van der Waals surface area contributed by atoms with Crippen LogP contribution in [0.5, 0.6) is 0 Å². The fourth-order valence-electron chi connectivity index (χ4n) is 3.17. The van der Waals surface area contributed by atoms with Crippen molar-refractivity contribution < 1.29 is 4.79 Å². The van der Waals surface area contributed by atoms with Crippen molar-refractivity contribution in [1.29, 1.82) is 0 Å². The first-order chi connectivity index (χ1) is 12.6. The molecule has 1 aliphatic rings. The molecule has 2 aromatic rings. The van der Waals surface area contributed by atoms with Crippen LogP contribution in [0.1, 0.15) is 17.5 Å². The van der Waals surface area contributed by atoms with Gasteiger partial charge in [0.2, 0.25) is 5.91 Å². The van der Waals surface area contributed by atoms with Gasteiger partial charge in [0.15, 0.2) is 0 Å². The predicted molar refractivity (Wildman–Crippen MR) is 110 cm³/mol. The maximum Gasteiger partial charge on any atom is 0.225 e. The van der Waals surface area contributed by atoms with E-state index in [1.54, 1.807) is 0 Å². The molecule has 0 atom stereocenters. The molecule has 0 spiro atoms. The largest absolute Gasteiger partial charge is 0.326 e. The van der Waals surface area contributed by atoms with Crippen molar-refractivity contribution in [3.05, 3.63) is 64.1 Å². The monoisotopic (exact) mass is 415 g/mol. The maximum atomic E-state index is 12.2. The zero-order chi connectivity index (χ0) is 18.4. The summed E-state index contributed by atoms with van der Waals surface area (Å²) in [5, 5.41) is 2.98. The summed E-state index contributed by atoms with van der Waals surface area (Å²) in [6.07, 6.45) is 0.532. The van der Waals surface area contributed by atoms with Crippen molar-refractivity contribution in [2.45, 2.75) is 19.9 Å². The highest BCUT2D eigenvalue weighted by atomic mass is 79.9. The highest BCUT2D eigenvalue weighted by Gasteiger charge is 2.17. The predicted octanol–water partition coefficient (Wildman–Crippen LogP) is 3.90. The molecule has 0 bridgehead atoms. The zero-order valence-corrected chi connectivity index (χ0v) is 16.8. The van der Waals surface area contributed by atoms with Crippen LogP contribution < -0.4 is 5.32 Å². The first-order valence-electron chi connectivity index (χ1n) is 9.15. The normalized spacial score (nSPS) is 15.8. The highest BCUT2D eigenvalue weighted by molar-refractivity contribution is 9.10. The van der Waals surface area contributed by atoms with Gasteiger partial charge in [-0.2, -0.15) is 0 Å². The summed E-state index contributed by atoms with van der Waals surface area (Å²) < 4.78 is 1.02. The van der Waals surface area contributed by atoms with Gasteiger partial charge in [0.1, 0.15) is 0 Å². The molecule has 1 N–H and O–H groups in total. The van der Waals surface area contributed by atoms with E-state index in [0.29, 0.717) is 6.42 Å². The lowest BCUT2D eigenvalue weighted by Gasteiger charge is -2.34. The summed E-state index contributed by atoms with van der Waals surface area (Å²) in [4.78, 5) is 17.1. The van der Waals surface area contributed by atoms with Crippen molar-refractivity contribution in [3.8, 4) is 0 Å². The van der Waals surface area contributed by atoms with E-state index < -0.39 is 0 Å². The molecule has 0 aliphatic carbocycles. The van der Waals surface area contributed by atoms with Crippen molar-refractivity contribution in [2.75, 3.05) is 38.0 Å². The number of benzene rings is 2.